The second-order valence-corrected chi connectivity index (χ2v) is 6.62. The van der Waals surface area contributed by atoms with Gasteiger partial charge in [-0.15, -0.1) is 0 Å². The maximum Gasteiger partial charge on any atom is 0.416 e. The third-order valence-electron chi connectivity index (χ3n) is 2.95. The predicted molar refractivity (Wildman–Crippen MR) is 72.1 cm³/mol. The van der Waals surface area contributed by atoms with Crippen molar-refractivity contribution in [3.05, 3.63) is 29.8 Å². The average Bonchev–Trinajstić information content (AvgIpc) is 2.42. The summed E-state index contributed by atoms with van der Waals surface area (Å²) in [7, 11) is -3.96. The summed E-state index contributed by atoms with van der Waals surface area (Å²) >= 11 is 0. The van der Waals surface area contributed by atoms with Crippen LogP contribution < -0.4 is 4.72 Å². The standard InChI is InChI=1S/C13H18F3NO3S/c1-10(9-18)4-3-7-17-21(19,20)12-6-2-5-11(8-12)13(14,15)16/h2,5-6,8,10,17-18H,3-4,7,9H2,1H3. The van der Waals surface area contributed by atoms with Gasteiger partial charge in [0.05, 0.1) is 10.5 Å². The first kappa shape index (κ1) is 17.9. The normalized spacial score (nSPS) is 14.1. The summed E-state index contributed by atoms with van der Waals surface area (Å²) < 4.78 is 63.7. The number of halogens is 3. The molecule has 0 aliphatic carbocycles. The topological polar surface area (TPSA) is 66.4 Å². The molecule has 0 aromatic heterocycles. The van der Waals surface area contributed by atoms with Gasteiger partial charge in [-0.25, -0.2) is 13.1 Å². The number of aliphatic hydroxyl groups excluding tert-OH is 1. The molecule has 1 aromatic rings. The Morgan fingerprint density at radius 2 is 2.00 bits per heavy atom. The molecule has 0 heterocycles. The number of hydrogen-bond donors (Lipinski definition) is 2. The molecule has 21 heavy (non-hydrogen) atoms. The fraction of sp³-hybridized carbons (Fsp3) is 0.538. The first-order chi connectivity index (χ1) is 9.66. The van der Waals surface area contributed by atoms with E-state index >= 15 is 0 Å². The van der Waals surface area contributed by atoms with Gasteiger partial charge < -0.3 is 5.11 Å². The van der Waals surface area contributed by atoms with Gasteiger partial charge in [-0.05, 0) is 37.0 Å². The fourth-order valence-electron chi connectivity index (χ4n) is 1.67. The summed E-state index contributed by atoms with van der Waals surface area (Å²) in [6.07, 6.45) is -3.45. The van der Waals surface area contributed by atoms with Crippen LogP contribution in [0.1, 0.15) is 25.3 Å². The number of benzene rings is 1. The van der Waals surface area contributed by atoms with E-state index < -0.39 is 26.7 Å². The molecular formula is C13H18F3NO3S. The Kier molecular flexibility index (Phi) is 6.18. The third-order valence-corrected chi connectivity index (χ3v) is 4.41. The van der Waals surface area contributed by atoms with Gasteiger partial charge in [0.15, 0.2) is 0 Å². The molecule has 1 unspecified atom stereocenters. The van der Waals surface area contributed by atoms with E-state index in [1.54, 1.807) is 0 Å². The smallest absolute Gasteiger partial charge is 0.396 e. The molecule has 8 heteroatoms. The second-order valence-electron chi connectivity index (χ2n) is 4.85. The van der Waals surface area contributed by atoms with Gasteiger partial charge in [0.25, 0.3) is 0 Å². The summed E-state index contributed by atoms with van der Waals surface area (Å²) in [4.78, 5) is -0.410. The molecule has 0 spiro atoms. The summed E-state index contributed by atoms with van der Waals surface area (Å²) in [6, 6.07) is 3.61. The van der Waals surface area contributed by atoms with Gasteiger partial charge in [0.2, 0.25) is 10.0 Å². The van der Waals surface area contributed by atoms with Crippen LogP contribution >= 0.6 is 0 Å². The van der Waals surface area contributed by atoms with Gasteiger partial charge in [-0.1, -0.05) is 13.0 Å². The Balaban J connectivity index is 2.71. The van der Waals surface area contributed by atoms with Crippen molar-refractivity contribution in [3.63, 3.8) is 0 Å². The van der Waals surface area contributed by atoms with Crippen LogP contribution in [-0.4, -0.2) is 26.7 Å². The molecule has 4 nitrogen and oxygen atoms in total. The highest BCUT2D eigenvalue weighted by Gasteiger charge is 2.31. The molecule has 0 saturated heterocycles. The fourth-order valence-corrected chi connectivity index (χ4v) is 2.79. The van der Waals surface area contributed by atoms with Crippen molar-refractivity contribution >= 4 is 10.0 Å². The first-order valence-corrected chi connectivity index (χ1v) is 7.93. The van der Waals surface area contributed by atoms with Crippen LogP contribution in [0.3, 0.4) is 0 Å². The number of nitrogens with one attached hydrogen (secondary N) is 1. The van der Waals surface area contributed by atoms with Crippen LogP contribution in [0.25, 0.3) is 0 Å². The molecule has 1 aromatic carbocycles. The highest BCUT2D eigenvalue weighted by molar-refractivity contribution is 7.89. The van der Waals surface area contributed by atoms with E-state index in [0.717, 1.165) is 18.2 Å². The van der Waals surface area contributed by atoms with E-state index in [4.69, 9.17) is 5.11 Å². The van der Waals surface area contributed by atoms with Crippen molar-refractivity contribution in [2.45, 2.75) is 30.8 Å². The van der Waals surface area contributed by atoms with E-state index in [0.29, 0.717) is 18.9 Å². The van der Waals surface area contributed by atoms with Crippen LogP contribution in [0.5, 0.6) is 0 Å². The van der Waals surface area contributed by atoms with Crippen LogP contribution in [0, 0.1) is 5.92 Å². The highest BCUT2D eigenvalue weighted by Crippen LogP contribution is 2.30. The molecule has 120 valence electrons. The number of hydrogen-bond acceptors (Lipinski definition) is 3. The lowest BCUT2D eigenvalue weighted by atomic mass is 10.1. The Bertz CT molecular complexity index is 558. The Labute approximate surface area is 122 Å². The number of alkyl halides is 3. The van der Waals surface area contributed by atoms with Crippen molar-refractivity contribution in [1.29, 1.82) is 0 Å². The number of sulfonamides is 1. The molecule has 0 amide bonds. The van der Waals surface area contributed by atoms with Crippen LogP contribution in [0.4, 0.5) is 13.2 Å². The second kappa shape index (κ2) is 7.24. The maximum atomic E-state index is 12.6. The molecule has 2 N–H and O–H groups in total. The molecule has 1 rings (SSSR count). The largest absolute Gasteiger partial charge is 0.416 e. The SMILES string of the molecule is CC(CO)CCCNS(=O)(=O)c1cccc(C(F)(F)F)c1. The summed E-state index contributed by atoms with van der Waals surface area (Å²) in [6.45, 7) is 1.95. The lowest BCUT2D eigenvalue weighted by Gasteiger charge is -2.11. The predicted octanol–water partition coefficient (Wildman–Crippen LogP) is 2.39. The van der Waals surface area contributed by atoms with Gasteiger partial charge in [0.1, 0.15) is 0 Å². The van der Waals surface area contributed by atoms with Gasteiger partial charge in [-0.2, -0.15) is 13.2 Å². The van der Waals surface area contributed by atoms with Crippen molar-refractivity contribution in [2.75, 3.05) is 13.2 Å². The van der Waals surface area contributed by atoms with Crippen LogP contribution in [-0.2, 0) is 16.2 Å². The average molecular weight is 325 g/mol. The molecule has 0 radical (unpaired) electrons. The first-order valence-electron chi connectivity index (χ1n) is 6.44. The van der Waals surface area contributed by atoms with Crippen LogP contribution in [0.2, 0.25) is 0 Å². The number of rotatable bonds is 7. The van der Waals surface area contributed by atoms with Crippen molar-refractivity contribution in [3.8, 4) is 0 Å². The molecule has 0 fully saturated rings. The minimum absolute atomic E-state index is 0.0143. The summed E-state index contributed by atoms with van der Waals surface area (Å²) in [5.74, 6) is 0.0584. The zero-order valence-electron chi connectivity index (χ0n) is 11.5. The Hall–Kier alpha value is -1.12. The van der Waals surface area contributed by atoms with Crippen molar-refractivity contribution < 1.29 is 26.7 Å². The zero-order valence-corrected chi connectivity index (χ0v) is 12.3. The van der Waals surface area contributed by atoms with Gasteiger partial charge in [-0.3, -0.25) is 0 Å². The Morgan fingerprint density at radius 1 is 1.33 bits per heavy atom. The molecular weight excluding hydrogens is 307 g/mol. The van der Waals surface area contributed by atoms with E-state index in [1.807, 2.05) is 6.92 Å². The summed E-state index contributed by atoms with van der Waals surface area (Å²) in [5.41, 5.74) is -1.00. The molecule has 0 saturated carbocycles. The molecule has 1 atom stereocenters. The third kappa shape index (κ3) is 5.64. The quantitative estimate of drug-likeness (QED) is 0.757. The molecule has 0 bridgehead atoms. The van der Waals surface area contributed by atoms with E-state index in [1.165, 1.54) is 0 Å². The highest BCUT2D eigenvalue weighted by atomic mass is 32.2. The van der Waals surface area contributed by atoms with Crippen LogP contribution in [0.15, 0.2) is 29.2 Å². The van der Waals surface area contributed by atoms with Gasteiger partial charge in [0, 0.05) is 13.2 Å². The minimum atomic E-state index is -4.58. The zero-order chi connectivity index (χ0) is 16.1. The summed E-state index contributed by atoms with van der Waals surface area (Å²) in [5, 5.41) is 8.83. The Morgan fingerprint density at radius 3 is 2.57 bits per heavy atom. The van der Waals surface area contributed by atoms with E-state index in [9.17, 15) is 21.6 Å². The number of aliphatic hydroxyl groups is 1. The molecule has 0 aliphatic heterocycles. The lowest BCUT2D eigenvalue weighted by Crippen LogP contribution is -2.25. The van der Waals surface area contributed by atoms with Crippen molar-refractivity contribution in [2.24, 2.45) is 5.92 Å². The lowest BCUT2D eigenvalue weighted by molar-refractivity contribution is -0.137. The van der Waals surface area contributed by atoms with E-state index in [-0.39, 0.29) is 19.1 Å². The molecule has 0 aliphatic rings. The van der Waals surface area contributed by atoms with Crippen molar-refractivity contribution in [1.82, 2.24) is 4.72 Å². The monoisotopic (exact) mass is 325 g/mol. The van der Waals surface area contributed by atoms with E-state index in [2.05, 4.69) is 4.72 Å². The minimum Gasteiger partial charge on any atom is -0.396 e. The van der Waals surface area contributed by atoms with Gasteiger partial charge >= 0.3 is 6.18 Å². The maximum absolute atomic E-state index is 12.6.